The van der Waals surface area contributed by atoms with Crippen molar-refractivity contribution in [3.05, 3.63) is 40.2 Å². The minimum absolute atomic E-state index is 0.110. The van der Waals surface area contributed by atoms with Gasteiger partial charge in [-0.05, 0) is 37.2 Å². The second-order valence-corrected chi connectivity index (χ2v) is 3.70. The number of benzene rings is 1. The van der Waals surface area contributed by atoms with E-state index in [0.717, 1.165) is 17.0 Å². The van der Waals surface area contributed by atoms with Crippen LogP contribution >= 0.6 is 0 Å². The zero-order valence-electron chi connectivity index (χ0n) is 9.62. The Hall–Kier alpha value is -2.01. The van der Waals surface area contributed by atoms with E-state index in [1.54, 1.807) is 7.11 Å². The molecule has 1 aromatic heterocycles. The van der Waals surface area contributed by atoms with Crippen LogP contribution in [0.4, 0.5) is 0 Å². The third-order valence-electron chi connectivity index (χ3n) is 2.65. The van der Waals surface area contributed by atoms with Crippen molar-refractivity contribution in [2.24, 2.45) is 5.73 Å². The standard InChI is InChI=1S/C12H15N3O2/c1-17-9-4-2-8(3-5-9)11-10(6-7-13)12(16)15-14-11/h2-5H,6-7,13H2,1H3,(H2,14,15,16). The molecule has 90 valence electrons. The zero-order valence-corrected chi connectivity index (χ0v) is 9.62. The van der Waals surface area contributed by atoms with Gasteiger partial charge < -0.3 is 10.5 Å². The van der Waals surface area contributed by atoms with Gasteiger partial charge in [-0.2, -0.15) is 0 Å². The Morgan fingerprint density at radius 2 is 1.94 bits per heavy atom. The van der Waals surface area contributed by atoms with Gasteiger partial charge in [-0.15, -0.1) is 0 Å². The first-order valence-electron chi connectivity index (χ1n) is 5.40. The lowest BCUT2D eigenvalue weighted by molar-refractivity contribution is 0.415. The van der Waals surface area contributed by atoms with Crippen LogP contribution in [0.2, 0.25) is 0 Å². The van der Waals surface area contributed by atoms with Crippen molar-refractivity contribution in [3.63, 3.8) is 0 Å². The summed E-state index contributed by atoms with van der Waals surface area (Å²) < 4.78 is 5.09. The second-order valence-electron chi connectivity index (χ2n) is 3.70. The molecule has 0 spiro atoms. The van der Waals surface area contributed by atoms with Crippen molar-refractivity contribution in [1.29, 1.82) is 0 Å². The Morgan fingerprint density at radius 1 is 1.24 bits per heavy atom. The van der Waals surface area contributed by atoms with Crippen LogP contribution in [-0.2, 0) is 6.42 Å². The van der Waals surface area contributed by atoms with E-state index in [0.29, 0.717) is 18.5 Å². The number of hydrogen-bond donors (Lipinski definition) is 3. The first-order valence-corrected chi connectivity index (χ1v) is 5.40. The van der Waals surface area contributed by atoms with Crippen LogP contribution in [0.25, 0.3) is 11.3 Å². The van der Waals surface area contributed by atoms with Crippen molar-refractivity contribution in [2.45, 2.75) is 6.42 Å². The Kier molecular flexibility index (Phi) is 3.30. The molecule has 17 heavy (non-hydrogen) atoms. The number of nitrogens with one attached hydrogen (secondary N) is 2. The Labute approximate surface area is 98.6 Å². The number of aromatic nitrogens is 2. The summed E-state index contributed by atoms with van der Waals surface area (Å²) in [7, 11) is 1.62. The van der Waals surface area contributed by atoms with Crippen molar-refractivity contribution < 1.29 is 4.74 Å². The molecule has 1 aromatic carbocycles. The number of aromatic amines is 2. The van der Waals surface area contributed by atoms with Gasteiger partial charge in [-0.1, -0.05) is 0 Å². The van der Waals surface area contributed by atoms with Crippen molar-refractivity contribution in [2.75, 3.05) is 13.7 Å². The van der Waals surface area contributed by atoms with Crippen LogP contribution in [0.15, 0.2) is 29.1 Å². The lowest BCUT2D eigenvalue weighted by atomic mass is 10.1. The summed E-state index contributed by atoms with van der Waals surface area (Å²) in [6.07, 6.45) is 0.556. The smallest absolute Gasteiger partial charge is 0.267 e. The Balaban J connectivity index is 2.41. The van der Waals surface area contributed by atoms with Gasteiger partial charge in [-0.25, -0.2) is 0 Å². The summed E-state index contributed by atoms with van der Waals surface area (Å²) in [5, 5.41) is 5.46. The molecule has 5 nitrogen and oxygen atoms in total. The van der Waals surface area contributed by atoms with Gasteiger partial charge >= 0.3 is 0 Å². The largest absolute Gasteiger partial charge is 0.497 e. The minimum atomic E-state index is -0.110. The average molecular weight is 233 g/mol. The molecule has 5 heteroatoms. The molecular formula is C12H15N3O2. The number of H-pyrrole nitrogens is 2. The fourth-order valence-electron chi connectivity index (χ4n) is 1.77. The minimum Gasteiger partial charge on any atom is -0.497 e. The number of nitrogens with two attached hydrogens (primary N) is 1. The summed E-state index contributed by atoms with van der Waals surface area (Å²) in [4.78, 5) is 11.6. The van der Waals surface area contributed by atoms with Crippen molar-refractivity contribution >= 4 is 0 Å². The van der Waals surface area contributed by atoms with Crippen molar-refractivity contribution in [3.8, 4) is 17.0 Å². The maximum atomic E-state index is 11.6. The molecule has 0 aliphatic carbocycles. The second kappa shape index (κ2) is 4.88. The van der Waals surface area contributed by atoms with Crippen LogP contribution in [0.5, 0.6) is 5.75 Å². The molecule has 0 bridgehead atoms. The van der Waals surface area contributed by atoms with Crippen LogP contribution in [-0.4, -0.2) is 23.9 Å². The third-order valence-corrected chi connectivity index (χ3v) is 2.65. The SMILES string of the molecule is COc1ccc(-c2[nH][nH]c(=O)c2CCN)cc1. The average Bonchev–Trinajstić information content (AvgIpc) is 2.72. The Bertz CT molecular complexity index is 540. The zero-order chi connectivity index (χ0) is 12.3. The van der Waals surface area contributed by atoms with Gasteiger partial charge in [-0.3, -0.25) is 15.0 Å². The molecule has 0 saturated carbocycles. The molecule has 0 aliphatic heterocycles. The highest BCUT2D eigenvalue weighted by Crippen LogP contribution is 2.22. The van der Waals surface area contributed by atoms with Crippen molar-refractivity contribution in [1.82, 2.24) is 10.2 Å². The van der Waals surface area contributed by atoms with Crippen LogP contribution < -0.4 is 16.0 Å². The lowest BCUT2D eigenvalue weighted by Gasteiger charge is -2.03. The highest BCUT2D eigenvalue weighted by molar-refractivity contribution is 5.63. The fourth-order valence-corrected chi connectivity index (χ4v) is 1.77. The third kappa shape index (κ3) is 2.24. The summed E-state index contributed by atoms with van der Waals surface area (Å²) in [6, 6.07) is 7.51. The molecule has 0 unspecified atom stereocenters. The molecule has 4 N–H and O–H groups in total. The lowest BCUT2D eigenvalue weighted by Crippen LogP contribution is -2.12. The molecular weight excluding hydrogens is 218 g/mol. The predicted molar refractivity (Wildman–Crippen MR) is 66.2 cm³/mol. The predicted octanol–water partition coefficient (Wildman–Crippen LogP) is 0.880. The molecule has 0 amide bonds. The number of rotatable bonds is 4. The summed E-state index contributed by atoms with van der Waals surface area (Å²) in [5.74, 6) is 0.784. The molecule has 2 rings (SSSR count). The first kappa shape index (κ1) is 11.5. The van der Waals surface area contributed by atoms with E-state index < -0.39 is 0 Å². The van der Waals surface area contributed by atoms with Gasteiger partial charge in [0, 0.05) is 11.1 Å². The van der Waals surface area contributed by atoms with E-state index in [1.165, 1.54) is 0 Å². The first-order chi connectivity index (χ1) is 8.26. The molecule has 0 fully saturated rings. The van der Waals surface area contributed by atoms with E-state index >= 15 is 0 Å². The summed E-state index contributed by atoms with van der Waals surface area (Å²) in [6.45, 7) is 0.449. The van der Waals surface area contributed by atoms with Crippen LogP contribution in [0.1, 0.15) is 5.56 Å². The molecule has 0 radical (unpaired) electrons. The summed E-state index contributed by atoms with van der Waals surface area (Å²) >= 11 is 0. The molecule has 0 aliphatic rings. The van der Waals surface area contributed by atoms with Crippen LogP contribution in [0.3, 0.4) is 0 Å². The molecule has 1 heterocycles. The number of ether oxygens (including phenoxy) is 1. The number of hydrogen-bond acceptors (Lipinski definition) is 3. The maximum absolute atomic E-state index is 11.6. The quantitative estimate of drug-likeness (QED) is 0.733. The topological polar surface area (TPSA) is 83.9 Å². The molecule has 2 aromatic rings. The van der Waals surface area contributed by atoms with E-state index in [2.05, 4.69) is 10.2 Å². The van der Waals surface area contributed by atoms with E-state index in [4.69, 9.17) is 10.5 Å². The van der Waals surface area contributed by atoms with Gasteiger partial charge in [0.1, 0.15) is 5.75 Å². The molecule has 0 atom stereocenters. The van der Waals surface area contributed by atoms with Gasteiger partial charge in [0.2, 0.25) is 0 Å². The van der Waals surface area contributed by atoms with E-state index in [-0.39, 0.29) is 5.56 Å². The monoisotopic (exact) mass is 233 g/mol. The highest BCUT2D eigenvalue weighted by Gasteiger charge is 2.10. The summed E-state index contributed by atoms with van der Waals surface area (Å²) in [5.41, 5.74) is 7.81. The fraction of sp³-hybridized carbons (Fsp3) is 0.250. The van der Waals surface area contributed by atoms with Crippen LogP contribution in [0, 0.1) is 0 Å². The highest BCUT2D eigenvalue weighted by atomic mass is 16.5. The van der Waals surface area contributed by atoms with E-state index in [1.807, 2.05) is 24.3 Å². The normalized spacial score (nSPS) is 10.5. The van der Waals surface area contributed by atoms with Gasteiger partial charge in [0.25, 0.3) is 5.56 Å². The Morgan fingerprint density at radius 3 is 2.53 bits per heavy atom. The van der Waals surface area contributed by atoms with E-state index in [9.17, 15) is 4.79 Å². The maximum Gasteiger partial charge on any atom is 0.267 e. The number of methoxy groups -OCH3 is 1. The van der Waals surface area contributed by atoms with Gasteiger partial charge in [0.15, 0.2) is 0 Å². The van der Waals surface area contributed by atoms with Gasteiger partial charge in [0.05, 0.1) is 12.8 Å². The molecule has 0 saturated heterocycles.